The Labute approximate surface area is 114 Å². The van der Waals surface area contributed by atoms with Gasteiger partial charge in [0.2, 0.25) is 0 Å². The van der Waals surface area contributed by atoms with Gasteiger partial charge in [0.25, 0.3) is 0 Å². The summed E-state index contributed by atoms with van der Waals surface area (Å²) < 4.78 is 13.8. The summed E-state index contributed by atoms with van der Waals surface area (Å²) in [5, 5.41) is 0. The van der Waals surface area contributed by atoms with Crippen LogP contribution in [0.15, 0.2) is 12.7 Å². The molecule has 0 amide bonds. The fourth-order valence-corrected chi connectivity index (χ4v) is 0.663. The minimum absolute atomic E-state index is 0. The summed E-state index contributed by atoms with van der Waals surface area (Å²) >= 11 is 0. The molecule has 12 heavy (non-hydrogen) atoms. The average Bonchev–Trinajstić information content (AvgIpc) is 1.83. The molecule has 2 N–H and O–H groups in total. The molecule has 0 aromatic rings. The summed E-state index contributed by atoms with van der Waals surface area (Å²) in [5.74, 6) is 0. The minimum atomic E-state index is -4.50. The van der Waals surface area contributed by atoms with Crippen molar-refractivity contribution < 1.29 is 23.9 Å². The normalized spacial score (nSPS) is 13.2. The monoisotopic (exact) mass is 222 g/mol. The molecule has 0 saturated carbocycles. The molecule has 0 aliphatic rings. The van der Waals surface area contributed by atoms with E-state index in [1.807, 2.05) is 0 Å². The molecule has 0 fully saturated rings. The first-order valence-electron chi connectivity index (χ1n) is 2.97. The zero-order chi connectivity index (χ0) is 8.91. The third kappa shape index (κ3) is 11.4. The van der Waals surface area contributed by atoms with E-state index in [1.54, 1.807) is 13.0 Å². The molecule has 0 bridgehead atoms. The standard InChI is InChI=1S/C5H11O5P.K.H/c1-3-4-5(2)9-10-11(6,7)8;;/h3,5H,1,4H2,2H3,(H2,6,7,8);;. The number of rotatable bonds is 5. The van der Waals surface area contributed by atoms with Crippen molar-refractivity contribution in [3.8, 4) is 0 Å². The molecule has 0 aromatic carbocycles. The van der Waals surface area contributed by atoms with Crippen molar-refractivity contribution in [1.82, 2.24) is 0 Å². The van der Waals surface area contributed by atoms with Crippen LogP contribution in [-0.4, -0.2) is 67.3 Å². The van der Waals surface area contributed by atoms with Crippen LogP contribution >= 0.6 is 7.82 Å². The molecule has 68 valence electrons. The Bertz CT molecular complexity index is 167. The van der Waals surface area contributed by atoms with Crippen molar-refractivity contribution in [1.29, 1.82) is 0 Å². The van der Waals surface area contributed by atoms with E-state index < -0.39 is 13.9 Å². The van der Waals surface area contributed by atoms with Crippen LogP contribution in [0, 0.1) is 0 Å². The summed E-state index contributed by atoms with van der Waals surface area (Å²) in [6.45, 7) is 5.02. The zero-order valence-electron chi connectivity index (χ0n) is 6.14. The van der Waals surface area contributed by atoms with Crippen LogP contribution in [-0.2, 0) is 14.1 Å². The molecular weight excluding hydrogens is 210 g/mol. The van der Waals surface area contributed by atoms with Gasteiger partial charge in [0.1, 0.15) is 0 Å². The van der Waals surface area contributed by atoms with Crippen molar-refractivity contribution in [3.63, 3.8) is 0 Å². The van der Waals surface area contributed by atoms with E-state index >= 15 is 0 Å². The van der Waals surface area contributed by atoms with Gasteiger partial charge < -0.3 is 9.79 Å². The quantitative estimate of drug-likeness (QED) is 0.231. The number of hydrogen-bond acceptors (Lipinski definition) is 3. The van der Waals surface area contributed by atoms with Gasteiger partial charge in [-0.3, -0.25) is 0 Å². The maximum absolute atomic E-state index is 10.1. The molecule has 0 aromatic heterocycles. The second-order valence-corrected chi connectivity index (χ2v) is 3.13. The van der Waals surface area contributed by atoms with E-state index in [1.165, 1.54) is 0 Å². The van der Waals surface area contributed by atoms with Crippen LogP contribution in [0.3, 0.4) is 0 Å². The molecule has 0 spiro atoms. The number of hydrogen-bond donors (Lipinski definition) is 2. The summed E-state index contributed by atoms with van der Waals surface area (Å²) in [7, 11) is -4.50. The van der Waals surface area contributed by atoms with Crippen molar-refractivity contribution >= 4 is 59.2 Å². The van der Waals surface area contributed by atoms with Gasteiger partial charge in [-0.05, 0) is 13.3 Å². The van der Waals surface area contributed by atoms with Crippen LogP contribution in [0.2, 0.25) is 0 Å². The van der Waals surface area contributed by atoms with Gasteiger partial charge in [-0.1, -0.05) is 6.08 Å². The van der Waals surface area contributed by atoms with Crippen LogP contribution < -0.4 is 0 Å². The van der Waals surface area contributed by atoms with Crippen LogP contribution in [0.25, 0.3) is 0 Å². The molecule has 0 rings (SSSR count). The Kier molecular flexibility index (Phi) is 10.4. The van der Waals surface area contributed by atoms with Gasteiger partial charge in [0, 0.05) is 0 Å². The predicted octanol–water partition coefficient (Wildman–Crippen LogP) is 0.343. The summed E-state index contributed by atoms with van der Waals surface area (Å²) in [4.78, 5) is 20.7. The van der Waals surface area contributed by atoms with Crippen LogP contribution in [0.4, 0.5) is 0 Å². The van der Waals surface area contributed by atoms with E-state index in [2.05, 4.69) is 16.1 Å². The van der Waals surface area contributed by atoms with Crippen LogP contribution in [0.5, 0.6) is 0 Å². The van der Waals surface area contributed by atoms with E-state index in [9.17, 15) is 4.57 Å². The Morgan fingerprint density at radius 1 is 1.67 bits per heavy atom. The summed E-state index contributed by atoms with van der Waals surface area (Å²) in [5.41, 5.74) is 0. The van der Waals surface area contributed by atoms with Gasteiger partial charge in [0.05, 0.1) is 6.10 Å². The predicted molar refractivity (Wildman–Crippen MR) is 45.6 cm³/mol. The molecule has 0 aliphatic heterocycles. The van der Waals surface area contributed by atoms with Crippen molar-refractivity contribution in [3.05, 3.63) is 12.7 Å². The van der Waals surface area contributed by atoms with Gasteiger partial charge in [-0.15, -0.1) is 11.3 Å². The molecule has 1 atom stereocenters. The first kappa shape index (κ1) is 15.9. The Morgan fingerprint density at radius 2 is 2.17 bits per heavy atom. The SMILES string of the molecule is C=CCC(C)OOP(=O)(O)O.[KH]. The maximum atomic E-state index is 10.1. The van der Waals surface area contributed by atoms with Gasteiger partial charge in [-0.2, -0.15) is 0 Å². The van der Waals surface area contributed by atoms with Gasteiger partial charge in [0.15, 0.2) is 0 Å². The molecule has 7 heteroatoms. The fourth-order valence-electron chi connectivity index (χ4n) is 0.404. The second kappa shape index (κ2) is 7.81. The molecule has 0 saturated heterocycles. The third-order valence-electron chi connectivity index (χ3n) is 0.803. The van der Waals surface area contributed by atoms with Gasteiger partial charge >= 0.3 is 59.2 Å². The topological polar surface area (TPSA) is 76.0 Å². The Morgan fingerprint density at radius 3 is 2.50 bits per heavy atom. The second-order valence-electron chi connectivity index (χ2n) is 2.00. The van der Waals surface area contributed by atoms with Crippen molar-refractivity contribution in [2.75, 3.05) is 0 Å². The van der Waals surface area contributed by atoms with Crippen molar-refractivity contribution in [2.45, 2.75) is 19.4 Å². The van der Waals surface area contributed by atoms with Gasteiger partial charge in [-0.25, -0.2) is 9.45 Å². The Hall–Kier alpha value is 1.45. The third-order valence-corrected chi connectivity index (χ3v) is 1.08. The average molecular weight is 222 g/mol. The van der Waals surface area contributed by atoms with Crippen molar-refractivity contribution in [2.24, 2.45) is 0 Å². The Balaban J connectivity index is 0. The zero-order valence-corrected chi connectivity index (χ0v) is 7.03. The van der Waals surface area contributed by atoms with E-state index in [0.29, 0.717) is 6.42 Å². The van der Waals surface area contributed by atoms with E-state index in [-0.39, 0.29) is 51.4 Å². The van der Waals surface area contributed by atoms with E-state index in [0.717, 1.165) is 0 Å². The van der Waals surface area contributed by atoms with E-state index in [4.69, 9.17) is 9.79 Å². The molecule has 0 heterocycles. The summed E-state index contributed by atoms with van der Waals surface area (Å²) in [6, 6.07) is 0. The molecular formula is C5H12KO5P. The number of phosphoric acid groups is 1. The molecule has 0 radical (unpaired) electrons. The molecule has 5 nitrogen and oxygen atoms in total. The first-order valence-corrected chi connectivity index (χ1v) is 4.50. The molecule has 0 aliphatic carbocycles. The summed E-state index contributed by atoms with van der Waals surface area (Å²) in [6.07, 6.45) is 1.63. The van der Waals surface area contributed by atoms with Crippen LogP contribution in [0.1, 0.15) is 13.3 Å². The first-order chi connectivity index (χ1) is 4.95. The fraction of sp³-hybridized carbons (Fsp3) is 0.600. The molecule has 1 unspecified atom stereocenters.